The molecule has 0 aliphatic rings. The first kappa shape index (κ1) is 13.4. The van der Waals surface area contributed by atoms with Crippen LogP contribution in [0.15, 0.2) is 24.7 Å². The molecule has 3 heterocycles. The molecule has 0 saturated carbocycles. The lowest BCUT2D eigenvalue weighted by Crippen LogP contribution is -2.11. The van der Waals surface area contributed by atoms with E-state index >= 15 is 0 Å². The lowest BCUT2D eigenvalue weighted by atomic mass is 10.5. The van der Waals surface area contributed by atoms with Gasteiger partial charge < -0.3 is 10.6 Å². The van der Waals surface area contributed by atoms with E-state index in [-0.39, 0.29) is 0 Å². The number of nitrogens with one attached hydrogen (secondary N) is 2. The molecule has 0 radical (unpaired) electrons. The summed E-state index contributed by atoms with van der Waals surface area (Å²) in [7, 11) is 1.76. The monoisotopic (exact) mass is 302 g/mol. The van der Waals surface area contributed by atoms with E-state index in [1.807, 2.05) is 19.2 Å². The second-order valence-corrected chi connectivity index (χ2v) is 5.50. The van der Waals surface area contributed by atoms with E-state index in [1.165, 1.54) is 0 Å². The molecule has 3 aromatic heterocycles. The summed E-state index contributed by atoms with van der Waals surface area (Å²) in [6.07, 6.45) is 5.31. The lowest BCUT2D eigenvalue weighted by Gasteiger charge is -2.07. The third-order valence-electron chi connectivity index (χ3n) is 2.65. The number of hydrogen-bond donors (Lipinski definition) is 2. The van der Waals surface area contributed by atoms with Crippen molar-refractivity contribution in [3.63, 3.8) is 0 Å². The predicted molar refractivity (Wildman–Crippen MR) is 80.7 cm³/mol. The highest BCUT2D eigenvalue weighted by Crippen LogP contribution is 2.14. The van der Waals surface area contributed by atoms with Crippen molar-refractivity contribution in [2.75, 3.05) is 17.7 Å². The molecule has 3 aromatic rings. The number of hydrogen-bond acceptors (Lipinski definition) is 8. The van der Waals surface area contributed by atoms with E-state index in [4.69, 9.17) is 0 Å². The Morgan fingerprint density at radius 2 is 2.10 bits per heavy atom. The largest absolute Gasteiger partial charge is 0.357 e. The summed E-state index contributed by atoms with van der Waals surface area (Å²) in [5, 5.41) is 11.3. The Labute approximate surface area is 125 Å². The molecule has 3 rings (SSSR count). The molecule has 0 aliphatic carbocycles. The fraction of sp³-hybridized carbons (Fsp3) is 0.250. The third-order valence-corrected chi connectivity index (χ3v) is 3.56. The minimum absolute atomic E-state index is 0.460. The second-order valence-electron chi connectivity index (χ2n) is 4.18. The van der Waals surface area contributed by atoms with Gasteiger partial charge in [0.2, 0.25) is 11.9 Å². The van der Waals surface area contributed by atoms with Gasteiger partial charge in [0.1, 0.15) is 0 Å². The van der Waals surface area contributed by atoms with Crippen molar-refractivity contribution in [2.24, 2.45) is 0 Å². The number of rotatable bonds is 5. The highest BCUT2D eigenvalue weighted by atomic mass is 32.1. The molecule has 8 nitrogen and oxygen atoms in total. The highest BCUT2D eigenvalue weighted by molar-refractivity contribution is 7.11. The number of thiazole rings is 1. The zero-order valence-electron chi connectivity index (χ0n) is 11.6. The highest BCUT2D eigenvalue weighted by Gasteiger charge is 2.08. The SMILES string of the molecule is CNc1nc(NCc2cnc(C)s2)nc(-n2cccn2)n1. The van der Waals surface area contributed by atoms with Crippen LogP contribution in [0.4, 0.5) is 11.9 Å². The Balaban J connectivity index is 1.82. The Kier molecular flexibility index (Phi) is 3.73. The summed E-state index contributed by atoms with van der Waals surface area (Å²) in [6, 6.07) is 1.82. The minimum atomic E-state index is 0.460. The van der Waals surface area contributed by atoms with E-state index in [1.54, 1.807) is 35.5 Å². The van der Waals surface area contributed by atoms with Gasteiger partial charge in [0.25, 0.3) is 5.95 Å². The van der Waals surface area contributed by atoms with Gasteiger partial charge in [-0.25, -0.2) is 9.67 Å². The molecule has 0 atom stereocenters. The van der Waals surface area contributed by atoms with Gasteiger partial charge in [0.05, 0.1) is 11.6 Å². The van der Waals surface area contributed by atoms with E-state index in [0.717, 1.165) is 9.88 Å². The summed E-state index contributed by atoms with van der Waals surface area (Å²) < 4.78 is 1.59. The molecule has 0 saturated heterocycles. The maximum absolute atomic E-state index is 4.36. The van der Waals surface area contributed by atoms with Gasteiger partial charge in [-0.1, -0.05) is 0 Å². The summed E-state index contributed by atoms with van der Waals surface area (Å²) in [6.45, 7) is 2.60. The van der Waals surface area contributed by atoms with E-state index in [0.29, 0.717) is 24.4 Å². The quantitative estimate of drug-likeness (QED) is 0.737. The second kappa shape index (κ2) is 5.83. The van der Waals surface area contributed by atoms with Crippen LogP contribution in [0.3, 0.4) is 0 Å². The maximum Gasteiger partial charge on any atom is 0.257 e. The van der Waals surface area contributed by atoms with Crippen LogP contribution in [-0.2, 0) is 6.54 Å². The van der Waals surface area contributed by atoms with Gasteiger partial charge in [-0.2, -0.15) is 20.1 Å². The molecule has 2 N–H and O–H groups in total. The van der Waals surface area contributed by atoms with Crippen LogP contribution >= 0.6 is 11.3 Å². The fourth-order valence-corrected chi connectivity index (χ4v) is 2.43. The number of nitrogens with zero attached hydrogens (tertiary/aromatic N) is 6. The van der Waals surface area contributed by atoms with Crippen molar-refractivity contribution < 1.29 is 0 Å². The minimum Gasteiger partial charge on any atom is -0.357 e. The predicted octanol–water partition coefficient (Wildman–Crippen LogP) is 1.48. The van der Waals surface area contributed by atoms with Gasteiger partial charge in [-0.3, -0.25) is 0 Å². The molecule has 21 heavy (non-hydrogen) atoms. The topological polar surface area (TPSA) is 93.4 Å². The molecular formula is C12H14N8S. The number of aromatic nitrogens is 6. The molecule has 0 unspecified atom stereocenters. The maximum atomic E-state index is 4.36. The molecule has 9 heteroatoms. The van der Waals surface area contributed by atoms with Gasteiger partial charge in [-0.15, -0.1) is 11.3 Å². The van der Waals surface area contributed by atoms with Crippen molar-refractivity contribution in [3.8, 4) is 5.95 Å². The fourth-order valence-electron chi connectivity index (χ4n) is 1.70. The zero-order chi connectivity index (χ0) is 14.7. The van der Waals surface area contributed by atoms with Crippen molar-refractivity contribution in [2.45, 2.75) is 13.5 Å². The van der Waals surface area contributed by atoms with Crippen LogP contribution in [0.2, 0.25) is 0 Å². The Bertz CT molecular complexity index is 721. The molecule has 0 amide bonds. The Morgan fingerprint density at radius 1 is 1.24 bits per heavy atom. The van der Waals surface area contributed by atoms with Crippen molar-refractivity contribution in [3.05, 3.63) is 34.5 Å². The first-order valence-corrected chi connectivity index (χ1v) is 7.15. The van der Waals surface area contributed by atoms with Crippen LogP contribution in [0, 0.1) is 6.92 Å². The van der Waals surface area contributed by atoms with E-state index < -0.39 is 0 Å². The first-order valence-electron chi connectivity index (χ1n) is 6.33. The summed E-state index contributed by atoms with van der Waals surface area (Å²) >= 11 is 1.64. The molecule has 108 valence electrons. The summed E-state index contributed by atoms with van der Waals surface area (Å²) in [5.41, 5.74) is 0. The van der Waals surface area contributed by atoms with Gasteiger partial charge in [0.15, 0.2) is 0 Å². The standard InChI is InChI=1S/C12H14N8S/c1-8-14-6-9(21-8)7-15-11-17-10(13-2)18-12(19-11)20-5-3-4-16-20/h3-6H,7H2,1-2H3,(H2,13,15,17,18,19). The molecule has 0 aromatic carbocycles. The molecule has 0 fully saturated rings. The Hall–Kier alpha value is -2.55. The number of aryl methyl sites for hydroxylation is 1. The van der Waals surface area contributed by atoms with Crippen LogP contribution in [0.1, 0.15) is 9.88 Å². The zero-order valence-corrected chi connectivity index (χ0v) is 12.4. The van der Waals surface area contributed by atoms with Crippen molar-refractivity contribution in [1.82, 2.24) is 29.7 Å². The van der Waals surface area contributed by atoms with E-state index in [2.05, 4.69) is 35.7 Å². The van der Waals surface area contributed by atoms with Crippen molar-refractivity contribution in [1.29, 1.82) is 0 Å². The van der Waals surface area contributed by atoms with Crippen LogP contribution in [0.5, 0.6) is 0 Å². The lowest BCUT2D eigenvalue weighted by molar-refractivity contribution is 0.797. The molecule has 0 spiro atoms. The normalized spacial score (nSPS) is 10.6. The Morgan fingerprint density at radius 3 is 2.76 bits per heavy atom. The van der Waals surface area contributed by atoms with Gasteiger partial charge in [0, 0.05) is 30.5 Å². The van der Waals surface area contributed by atoms with Crippen LogP contribution in [-0.4, -0.2) is 36.8 Å². The van der Waals surface area contributed by atoms with Gasteiger partial charge >= 0.3 is 0 Å². The average Bonchev–Trinajstić information content (AvgIpc) is 3.16. The smallest absolute Gasteiger partial charge is 0.257 e. The molecular weight excluding hydrogens is 288 g/mol. The van der Waals surface area contributed by atoms with Crippen LogP contribution in [0.25, 0.3) is 5.95 Å². The molecule has 0 aliphatic heterocycles. The first-order chi connectivity index (χ1) is 10.2. The third kappa shape index (κ3) is 3.14. The average molecular weight is 302 g/mol. The summed E-state index contributed by atoms with van der Waals surface area (Å²) in [4.78, 5) is 18.3. The summed E-state index contributed by atoms with van der Waals surface area (Å²) in [5.74, 6) is 1.44. The van der Waals surface area contributed by atoms with E-state index in [9.17, 15) is 0 Å². The number of anilines is 2. The molecule has 0 bridgehead atoms. The van der Waals surface area contributed by atoms with Gasteiger partial charge in [-0.05, 0) is 13.0 Å². The van der Waals surface area contributed by atoms with Crippen LogP contribution < -0.4 is 10.6 Å². The van der Waals surface area contributed by atoms with Crippen molar-refractivity contribution >= 4 is 23.2 Å².